The first-order chi connectivity index (χ1) is 9.73. The molecule has 0 aromatic heterocycles. The minimum Gasteiger partial charge on any atom is -0.461 e. The van der Waals surface area contributed by atoms with Crippen LogP contribution < -0.4 is 0 Å². The van der Waals surface area contributed by atoms with E-state index in [9.17, 15) is 4.79 Å². The lowest BCUT2D eigenvalue weighted by molar-refractivity contribution is -0.147. The summed E-state index contributed by atoms with van der Waals surface area (Å²) < 4.78 is 6.52. The summed E-state index contributed by atoms with van der Waals surface area (Å²) in [6.45, 7) is 4.24. The molecule has 2 rings (SSSR count). The molecule has 0 N–H and O–H groups in total. The van der Waals surface area contributed by atoms with Gasteiger partial charge in [0, 0.05) is 3.57 Å². The Balaban J connectivity index is 1.97. The van der Waals surface area contributed by atoms with Crippen molar-refractivity contribution in [2.75, 3.05) is 0 Å². The molecule has 0 amide bonds. The maximum Gasteiger partial charge on any atom is 0.310 e. The molecule has 2 atom stereocenters. The van der Waals surface area contributed by atoms with Gasteiger partial charge < -0.3 is 4.74 Å². The molecule has 0 saturated heterocycles. The van der Waals surface area contributed by atoms with Gasteiger partial charge in [-0.3, -0.25) is 4.79 Å². The van der Waals surface area contributed by atoms with Crippen LogP contribution in [0.5, 0.6) is 0 Å². The number of halogens is 4. The first-order valence-electron chi connectivity index (χ1n) is 6.37. The molecule has 2 nitrogen and oxygen atoms in total. The van der Waals surface area contributed by atoms with Crippen molar-refractivity contribution in [2.45, 2.75) is 20.5 Å². The van der Waals surface area contributed by atoms with E-state index in [1.807, 2.05) is 26.0 Å². The van der Waals surface area contributed by atoms with Crippen molar-refractivity contribution in [1.82, 2.24) is 0 Å². The van der Waals surface area contributed by atoms with Crippen LogP contribution in [-0.2, 0) is 16.1 Å². The largest absolute Gasteiger partial charge is 0.461 e. The molecule has 1 aromatic carbocycles. The summed E-state index contributed by atoms with van der Waals surface area (Å²) in [5.74, 6) is -0.391. The highest BCUT2D eigenvalue weighted by molar-refractivity contribution is 14.1. The molecule has 0 bridgehead atoms. The van der Waals surface area contributed by atoms with Crippen LogP contribution in [0.2, 0.25) is 5.02 Å². The third-order valence-electron chi connectivity index (χ3n) is 3.84. The van der Waals surface area contributed by atoms with Gasteiger partial charge in [0.2, 0.25) is 0 Å². The fourth-order valence-corrected chi connectivity index (χ4v) is 3.42. The summed E-state index contributed by atoms with van der Waals surface area (Å²) in [5, 5.41) is 0.691. The highest BCUT2D eigenvalue weighted by Gasteiger charge is 2.61. The van der Waals surface area contributed by atoms with Crippen LogP contribution in [0.4, 0.5) is 0 Å². The smallest absolute Gasteiger partial charge is 0.310 e. The summed E-state index contributed by atoms with van der Waals surface area (Å²) in [7, 11) is 0. The summed E-state index contributed by atoms with van der Waals surface area (Å²) >= 11 is 19.5. The van der Waals surface area contributed by atoms with Gasteiger partial charge in [-0.05, 0) is 57.7 Å². The van der Waals surface area contributed by atoms with E-state index in [-0.39, 0.29) is 34.3 Å². The number of benzene rings is 1. The van der Waals surface area contributed by atoms with Gasteiger partial charge in [0.15, 0.2) is 0 Å². The molecule has 2 unspecified atom stereocenters. The second-order valence-electron chi connectivity index (χ2n) is 5.64. The van der Waals surface area contributed by atoms with Crippen molar-refractivity contribution < 1.29 is 9.53 Å². The van der Waals surface area contributed by atoms with Crippen LogP contribution in [0.25, 0.3) is 0 Å². The molecule has 1 aromatic rings. The van der Waals surface area contributed by atoms with Crippen molar-refractivity contribution in [1.29, 1.82) is 0 Å². The Hall–Kier alpha value is 0.0300. The van der Waals surface area contributed by atoms with Gasteiger partial charge >= 0.3 is 5.97 Å². The average Bonchev–Trinajstić information content (AvgIpc) is 2.91. The quantitative estimate of drug-likeness (QED) is 0.434. The van der Waals surface area contributed by atoms with Gasteiger partial charge in [-0.2, -0.15) is 0 Å². The summed E-state index contributed by atoms with van der Waals surface area (Å²) in [4.78, 5) is 12.2. The Kier molecular flexibility index (Phi) is 5.50. The van der Waals surface area contributed by atoms with Crippen LogP contribution in [0, 0.1) is 20.8 Å². The van der Waals surface area contributed by atoms with Gasteiger partial charge in [-0.15, -0.1) is 0 Å². The molecule has 6 heteroatoms. The summed E-state index contributed by atoms with van der Waals surface area (Å²) in [6, 6.07) is 5.55. The van der Waals surface area contributed by atoms with Gasteiger partial charge in [0.05, 0.1) is 10.9 Å². The van der Waals surface area contributed by atoms with Crippen molar-refractivity contribution in [3.8, 4) is 0 Å². The standard InChI is InChI=1S/C15H14Cl3IO2/c1-15(2)9(6-12(17)18)13(15)14(20)21-7-8-3-4-10(16)11(19)5-8/h3-6,9,13H,7H2,1-2H3. The van der Waals surface area contributed by atoms with E-state index in [1.165, 1.54) is 0 Å². The fraction of sp³-hybridized carbons (Fsp3) is 0.400. The summed E-state index contributed by atoms with van der Waals surface area (Å²) in [6.07, 6.45) is 1.71. The molecule has 0 radical (unpaired) electrons. The van der Waals surface area contributed by atoms with Crippen molar-refractivity contribution in [3.05, 3.63) is 42.9 Å². The molecular formula is C15H14Cl3IO2. The predicted molar refractivity (Wildman–Crippen MR) is 94.5 cm³/mol. The third kappa shape index (κ3) is 4.06. The van der Waals surface area contributed by atoms with Gasteiger partial charge in [0.1, 0.15) is 11.1 Å². The van der Waals surface area contributed by atoms with Gasteiger partial charge in [-0.25, -0.2) is 0 Å². The zero-order chi connectivity index (χ0) is 15.8. The molecule has 114 valence electrons. The van der Waals surface area contributed by atoms with E-state index in [0.29, 0.717) is 5.02 Å². The van der Waals surface area contributed by atoms with Crippen LogP contribution in [-0.4, -0.2) is 5.97 Å². The lowest BCUT2D eigenvalue weighted by Gasteiger charge is -2.07. The number of allylic oxidation sites excluding steroid dienone is 1. The first-order valence-corrected chi connectivity index (χ1v) is 8.58. The Morgan fingerprint density at radius 2 is 2.10 bits per heavy atom. The van der Waals surface area contributed by atoms with Crippen LogP contribution >= 0.6 is 57.4 Å². The van der Waals surface area contributed by atoms with E-state index in [4.69, 9.17) is 39.5 Å². The molecular weight excluding hydrogens is 445 g/mol. The predicted octanol–water partition coefficient (Wildman–Crippen LogP) is 5.58. The fourth-order valence-electron chi connectivity index (χ4n) is 2.45. The number of esters is 1. The first kappa shape index (κ1) is 17.4. The second kappa shape index (κ2) is 6.65. The van der Waals surface area contributed by atoms with Crippen molar-refractivity contribution in [3.63, 3.8) is 0 Å². The lowest BCUT2D eigenvalue weighted by atomic mass is 10.1. The Morgan fingerprint density at radius 1 is 1.43 bits per heavy atom. The number of ether oxygens (including phenoxy) is 1. The molecule has 1 saturated carbocycles. The molecule has 0 heterocycles. The van der Waals surface area contributed by atoms with Gasteiger partial charge in [-0.1, -0.05) is 54.7 Å². The zero-order valence-corrected chi connectivity index (χ0v) is 15.9. The lowest BCUT2D eigenvalue weighted by Crippen LogP contribution is -2.10. The topological polar surface area (TPSA) is 26.3 Å². The molecule has 1 fully saturated rings. The Labute approximate surface area is 152 Å². The maximum atomic E-state index is 12.2. The number of hydrogen-bond donors (Lipinski definition) is 0. The molecule has 1 aliphatic rings. The molecule has 0 spiro atoms. The normalized spacial score (nSPS) is 22.6. The highest BCUT2D eigenvalue weighted by atomic mass is 127. The van der Waals surface area contributed by atoms with Crippen LogP contribution in [0.1, 0.15) is 19.4 Å². The minimum atomic E-state index is -0.221. The van der Waals surface area contributed by atoms with Crippen LogP contribution in [0.3, 0.4) is 0 Å². The molecule has 1 aliphatic carbocycles. The third-order valence-corrected chi connectivity index (χ3v) is 5.63. The number of hydrogen-bond acceptors (Lipinski definition) is 2. The number of carbonyl (C=O) groups excluding carboxylic acids is 1. The summed E-state index contributed by atoms with van der Waals surface area (Å²) in [5.41, 5.74) is 0.749. The van der Waals surface area contributed by atoms with E-state index >= 15 is 0 Å². The Bertz CT molecular complexity index is 595. The maximum absolute atomic E-state index is 12.2. The number of carbonyl (C=O) groups is 1. The van der Waals surface area contributed by atoms with Crippen molar-refractivity contribution >= 4 is 63.4 Å². The number of rotatable bonds is 4. The Morgan fingerprint density at radius 3 is 2.67 bits per heavy atom. The van der Waals surface area contributed by atoms with Crippen LogP contribution in [0.15, 0.2) is 28.8 Å². The van der Waals surface area contributed by atoms with E-state index < -0.39 is 0 Å². The van der Waals surface area contributed by atoms with E-state index in [1.54, 1.807) is 12.1 Å². The van der Waals surface area contributed by atoms with E-state index in [0.717, 1.165) is 9.13 Å². The van der Waals surface area contributed by atoms with Crippen molar-refractivity contribution in [2.24, 2.45) is 17.3 Å². The SMILES string of the molecule is CC1(C)C(C=C(Cl)Cl)C1C(=O)OCc1ccc(Cl)c(I)c1. The van der Waals surface area contributed by atoms with E-state index in [2.05, 4.69) is 22.6 Å². The zero-order valence-electron chi connectivity index (χ0n) is 11.5. The highest BCUT2D eigenvalue weighted by Crippen LogP contribution is 2.60. The second-order valence-corrected chi connectivity index (χ2v) is 8.21. The average molecular weight is 460 g/mol. The molecule has 0 aliphatic heterocycles. The minimum absolute atomic E-state index is 0.0281. The molecule has 21 heavy (non-hydrogen) atoms. The monoisotopic (exact) mass is 458 g/mol. The van der Waals surface area contributed by atoms with Gasteiger partial charge in [0.25, 0.3) is 0 Å².